The van der Waals surface area contributed by atoms with Gasteiger partial charge in [0.15, 0.2) is 11.6 Å². The van der Waals surface area contributed by atoms with Crippen molar-refractivity contribution in [1.82, 2.24) is 14.7 Å². The van der Waals surface area contributed by atoms with Crippen LogP contribution in [0.2, 0.25) is 0 Å². The molecule has 0 unspecified atom stereocenters. The predicted octanol–water partition coefficient (Wildman–Crippen LogP) is 6.70. The smallest absolute Gasteiger partial charge is 0.254 e. The van der Waals surface area contributed by atoms with Crippen molar-refractivity contribution >= 4 is 5.91 Å². The molecule has 0 aliphatic carbocycles. The molecule has 39 heavy (non-hydrogen) atoms. The molecule has 2 aromatic heterocycles. The van der Waals surface area contributed by atoms with E-state index in [1.807, 2.05) is 30.3 Å². The Morgan fingerprint density at radius 2 is 1.79 bits per heavy atom. The molecule has 5 rings (SSSR count). The lowest BCUT2D eigenvalue weighted by Crippen LogP contribution is -2.30. The van der Waals surface area contributed by atoms with Gasteiger partial charge in [-0.2, -0.15) is 5.10 Å². The Labute approximate surface area is 223 Å². The molecule has 0 aliphatic rings. The Balaban J connectivity index is 1.59. The number of aromatic nitrogens is 2. The molecule has 0 saturated heterocycles. The molecule has 5 aromatic rings. The van der Waals surface area contributed by atoms with Crippen LogP contribution in [0, 0.1) is 18.6 Å². The van der Waals surface area contributed by atoms with E-state index in [2.05, 4.69) is 5.10 Å². The summed E-state index contributed by atoms with van der Waals surface area (Å²) >= 11 is 0. The van der Waals surface area contributed by atoms with Crippen LogP contribution in [0.1, 0.15) is 27.4 Å². The van der Waals surface area contributed by atoms with Crippen LogP contribution in [0.5, 0.6) is 17.4 Å². The fourth-order valence-electron chi connectivity index (χ4n) is 4.15. The Morgan fingerprint density at radius 1 is 0.974 bits per heavy atom. The Morgan fingerprint density at radius 3 is 2.51 bits per heavy atom. The number of hydrogen-bond donors (Lipinski definition) is 0. The van der Waals surface area contributed by atoms with Gasteiger partial charge in [-0.3, -0.25) is 4.79 Å². The SMILES string of the molecule is COc1cccc(C(=O)N(Cc2ccco2)Cc2c(C)nn(-c3ccccc3)c2Oc2ccc(F)cc2F)c1. The summed E-state index contributed by atoms with van der Waals surface area (Å²) in [6.45, 7) is 2.00. The standard InChI is InChI=1S/C30H25F2N3O4/c1-20-26(19-34(18-25-12-7-15-38-25)29(36)21-8-6-11-24(16-21)37-2)30(35(33-20)23-9-4-3-5-10-23)39-28-14-13-22(31)17-27(28)32/h3-17H,18-19H2,1-2H3. The van der Waals surface area contributed by atoms with Gasteiger partial charge in [0.05, 0.1) is 43.4 Å². The van der Waals surface area contributed by atoms with E-state index in [1.54, 1.807) is 48.2 Å². The molecule has 0 saturated carbocycles. The average Bonchev–Trinajstić information content (AvgIpc) is 3.58. The number of methoxy groups -OCH3 is 1. The molecule has 0 N–H and O–H groups in total. The highest BCUT2D eigenvalue weighted by Gasteiger charge is 2.26. The first-order valence-corrected chi connectivity index (χ1v) is 12.2. The zero-order valence-electron chi connectivity index (χ0n) is 21.3. The number of ether oxygens (including phenoxy) is 2. The van der Waals surface area contributed by atoms with Crippen LogP contribution in [0.15, 0.2) is 95.6 Å². The number of hydrogen-bond acceptors (Lipinski definition) is 5. The molecular weight excluding hydrogens is 504 g/mol. The fourth-order valence-corrected chi connectivity index (χ4v) is 4.15. The van der Waals surface area contributed by atoms with E-state index in [0.29, 0.717) is 34.0 Å². The van der Waals surface area contributed by atoms with Gasteiger partial charge in [-0.05, 0) is 61.5 Å². The van der Waals surface area contributed by atoms with E-state index in [1.165, 1.54) is 24.1 Å². The molecule has 2 heterocycles. The van der Waals surface area contributed by atoms with Crippen LogP contribution >= 0.6 is 0 Å². The highest BCUT2D eigenvalue weighted by atomic mass is 19.1. The number of carbonyl (C=O) groups excluding carboxylic acids is 1. The average molecular weight is 530 g/mol. The lowest BCUT2D eigenvalue weighted by atomic mass is 10.1. The first-order valence-electron chi connectivity index (χ1n) is 12.2. The summed E-state index contributed by atoms with van der Waals surface area (Å²) in [7, 11) is 1.53. The van der Waals surface area contributed by atoms with Crippen molar-refractivity contribution in [2.75, 3.05) is 7.11 Å². The number of aryl methyl sites for hydroxylation is 1. The van der Waals surface area contributed by atoms with Gasteiger partial charge in [0.25, 0.3) is 5.91 Å². The maximum atomic E-state index is 14.7. The van der Waals surface area contributed by atoms with E-state index < -0.39 is 11.6 Å². The predicted molar refractivity (Wildman–Crippen MR) is 140 cm³/mol. The van der Waals surface area contributed by atoms with Crippen molar-refractivity contribution in [3.05, 3.63) is 125 Å². The largest absolute Gasteiger partial charge is 0.497 e. The summed E-state index contributed by atoms with van der Waals surface area (Å²) in [5.74, 6) is -0.718. The van der Waals surface area contributed by atoms with Gasteiger partial charge in [-0.25, -0.2) is 13.5 Å². The molecule has 1 amide bonds. The molecule has 0 bridgehead atoms. The molecule has 0 radical (unpaired) electrons. The summed E-state index contributed by atoms with van der Waals surface area (Å²) in [4.78, 5) is 15.3. The zero-order chi connectivity index (χ0) is 27.4. The second kappa shape index (κ2) is 11.2. The third-order valence-corrected chi connectivity index (χ3v) is 6.12. The van der Waals surface area contributed by atoms with Crippen molar-refractivity contribution in [3.63, 3.8) is 0 Å². The number of carbonyl (C=O) groups is 1. The minimum absolute atomic E-state index is 0.0631. The van der Waals surface area contributed by atoms with Crippen LogP contribution in [0.25, 0.3) is 5.69 Å². The first-order chi connectivity index (χ1) is 18.9. The van der Waals surface area contributed by atoms with E-state index in [9.17, 15) is 13.6 Å². The lowest BCUT2D eigenvalue weighted by molar-refractivity contribution is 0.0716. The van der Waals surface area contributed by atoms with E-state index in [4.69, 9.17) is 13.9 Å². The molecule has 0 atom stereocenters. The second-order valence-electron chi connectivity index (χ2n) is 8.77. The molecule has 198 valence electrons. The van der Waals surface area contributed by atoms with Crippen LogP contribution in [-0.4, -0.2) is 27.7 Å². The summed E-state index contributed by atoms with van der Waals surface area (Å²) in [6, 6.07) is 22.6. The van der Waals surface area contributed by atoms with Gasteiger partial charge in [-0.15, -0.1) is 0 Å². The topological polar surface area (TPSA) is 69.7 Å². The minimum Gasteiger partial charge on any atom is -0.497 e. The number of amides is 1. The van der Waals surface area contributed by atoms with Crippen LogP contribution in [0.3, 0.4) is 0 Å². The van der Waals surface area contributed by atoms with Gasteiger partial charge >= 0.3 is 0 Å². The van der Waals surface area contributed by atoms with Gasteiger partial charge in [0, 0.05) is 11.6 Å². The van der Waals surface area contributed by atoms with Gasteiger partial charge < -0.3 is 18.8 Å². The van der Waals surface area contributed by atoms with Crippen LogP contribution in [-0.2, 0) is 13.1 Å². The van der Waals surface area contributed by atoms with Crippen molar-refractivity contribution < 1.29 is 27.5 Å². The normalized spacial score (nSPS) is 10.9. The summed E-state index contributed by atoms with van der Waals surface area (Å²) in [5, 5.41) is 4.65. The van der Waals surface area contributed by atoms with Crippen molar-refractivity contribution in [2.45, 2.75) is 20.0 Å². The third kappa shape index (κ3) is 5.67. The highest BCUT2D eigenvalue weighted by Crippen LogP contribution is 2.33. The molecule has 7 nitrogen and oxygen atoms in total. The van der Waals surface area contributed by atoms with Crippen LogP contribution < -0.4 is 9.47 Å². The third-order valence-electron chi connectivity index (χ3n) is 6.12. The molecule has 0 spiro atoms. The van der Waals surface area contributed by atoms with E-state index >= 15 is 0 Å². The monoisotopic (exact) mass is 529 g/mol. The molecule has 9 heteroatoms. The van der Waals surface area contributed by atoms with Gasteiger partial charge in [-0.1, -0.05) is 24.3 Å². The summed E-state index contributed by atoms with van der Waals surface area (Å²) < 4.78 is 46.7. The summed E-state index contributed by atoms with van der Waals surface area (Å²) in [6.07, 6.45) is 1.54. The number of halogens is 2. The van der Waals surface area contributed by atoms with Crippen molar-refractivity contribution in [2.24, 2.45) is 0 Å². The highest BCUT2D eigenvalue weighted by molar-refractivity contribution is 5.94. The maximum absolute atomic E-state index is 14.7. The Bertz CT molecular complexity index is 1580. The van der Waals surface area contributed by atoms with Crippen molar-refractivity contribution in [3.8, 4) is 23.1 Å². The lowest BCUT2D eigenvalue weighted by Gasteiger charge is -2.23. The van der Waals surface area contributed by atoms with Crippen molar-refractivity contribution in [1.29, 1.82) is 0 Å². The Hall–Kier alpha value is -4.92. The molecule has 3 aromatic carbocycles. The summed E-state index contributed by atoms with van der Waals surface area (Å²) in [5.41, 5.74) is 2.20. The van der Waals surface area contributed by atoms with Crippen LogP contribution in [0.4, 0.5) is 8.78 Å². The number of rotatable bonds is 9. The zero-order valence-corrected chi connectivity index (χ0v) is 21.3. The van der Waals surface area contributed by atoms with Gasteiger partial charge in [0.2, 0.25) is 5.88 Å². The van der Waals surface area contributed by atoms with E-state index in [0.717, 1.165) is 12.1 Å². The quantitative estimate of drug-likeness (QED) is 0.213. The molecular formula is C30H25F2N3O4. The number of benzene rings is 3. The number of para-hydroxylation sites is 1. The fraction of sp³-hybridized carbons (Fsp3) is 0.133. The maximum Gasteiger partial charge on any atom is 0.254 e. The second-order valence-corrected chi connectivity index (χ2v) is 8.77. The minimum atomic E-state index is -0.862. The van der Waals surface area contributed by atoms with Gasteiger partial charge in [0.1, 0.15) is 17.3 Å². The Kier molecular flexibility index (Phi) is 7.40. The number of nitrogens with zero attached hydrogens (tertiary/aromatic N) is 3. The van der Waals surface area contributed by atoms with E-state index in [-0.39, 0.29) is 30.6 Å². The molecule has 0 fully saturated rings. The molecule has 0 aliphatic heterocycles. The first kappa shape index (κ1) is 25.7. The number of furan rings is 1.